The monoisotopic (exact) mass is 338 g/mol. The van der Waals surface area contributed by atoms with Gasteiger partial charge >= 0.3 is 5.97 Å². The van der Waals surface area contributed by atoms with Gasteiger partial charge < -0.3 is 4.74 Å². The van der Waals surface area contributed by atoms with E-state index in [2.05, 4.69) is 48.5 Å². The molecule has 0 bridgehead atoms. The van der Waals surface area contributed by atoms with E-state index < -0.39 is 5.41 Å². The highest BCUT2D eigenvalue weighted by Gasteiger charge is 2.49. The van der Waals surface area contributed by atoms with Crippen LogP contribution in [0.1, 0.15) is 17.5 Å². The number of hydrogen-bond acceptors (Lipinski definition) is 2. The van der Waals surface area contributed by atoms with Crippen molar-refractivity contribution < 1.29 is 9.53 Å². The highest BCUT2D eigenvalue weighted by molar-refractivity contribution is 6.01. The van der Waals surface area contributed by atoms with Crippen molar-refractivity contribution in [3.8, 4) is 0 Å². The molecule has 1 aliphatic rings. The fraction of sp³-hybridized carbons (Fsp3) is 0.125. The summed E-state index contributed by atoms with van der Waals surface area (Å²) >= 11 is 0. The average molecular weight is 338 g/mol. The third-order valence-electron chi connectivity index (χ3n) is 5.56. The molecule has 2 nitrogen and oxygen atoms in total. The molecule has 1 fully saturated rings. The van der Waals surface area contributed by atoms with Crippen molar-refractivity contribution in [3.63, 3.8) is 0 Å². The van der Waals surface area contributed by atoms with E-state index in [9.17, 15) is 4.79 Å². The van der Waals surface area contributed by atoms with Gasteiger partial charge in [-0.25, -0.2) is 0 Å². The minimum atomic E-state index is -0.762. The smallest absolute Gasteiger partial charge is 0.321 e. The van der Waals surface area contributed by atoms with Crippen LogP contribution in [0.4, 0.5) is 0 Å². The summed E-state index contributed by atoms with van der Waals surface area (Å²) < 4.78 is 5.54. The predicted octanol–water partition coefficient (Wildman–Crippen LogP) is 5.23. The van der Waals surface area contributed by atoms with Gasteiger partial charge in [-0.1, -0.05) is 84.9 Å². The third-order valence-corrected chi connectivity index (χ3v) is 5.56. The molecule has 0 atom stereocenters. The Balaban J connectivity index is 1.90. The van der Waals surface area contributed by atoms with Crippen LogP contribution in [0.15, 0.2) is 84.9 Å². The summed E-state index contributed by atoms with van der Waals surface area (Å²) in [5.74, 6) is -0.148. The van der Waals surface area contributed by atoms with E-state index in [1.165, 1.54) is 0 Å². The first kappa shape index (κ1) is 15.2. The number of rotatable bonds is 2. The molecule has 0 unspecified atom stereocenters. The summed E-state index contributed by atoms with van der Waals surface area (Å²) in [6.45, 7) is 0.450. The number of ether oxygens (including phenoxy) is 1. The van der Waals surface area contributed by atoms with Gasteiger partial charge in [0.15, 0.2) is 0 Å². The summed E-state index contributed by atoms with van der Waals surface area (Å²) in [6, 6.07) is 28.9. The lowest BCUT2D eigenvalue weighted by molar-refractivity contribution is -0.141. The fourth-order valence-corrected chi connectivity index (χ4v) is 4.35. The van der Waals surface area contributed by atoms with Crippen LogP contribution in [0.25, 0.3) is 21.5 Å². The van der Waals surface area contributed by atoms with E-state index in [1.54, 1.807) is 0 Å². The summed E-state index contributed by atoms with van der Waals surface area (Å²) in [7, 11) is 0. The molecule has 4 aromatic carbocycles. The molecule has 5 rings (SSSR count). The third kappa shape index (κ3) is 2.02. The van der Waals surface area contributed by atoms with Gasteiger partial charge in [0, 0.05) is 6.42 Å². The number of cyclic esters (lactones) is 1. The summed E-state index contributed by atoms with van der Waals surface area (Å²) in [5.41, 5.74) is 1.31. The number of carbonyl (C=O) groups is 1. The van der Waals surface area contributed by atoms with Gasteiger partial charge in [0.05, 0.1) is 6.61 Å². The molecule has 2 heteroatoms. The van der Waals surface area contributed by atoms with E-state index in [-0.39, 0.29) is 5.97 Å². The number of fused-ring (bicyclic) bond motifs is 2. The lowest BCUT2D eigenvalue weighted by atomic mass is 9.70. The second kappa shape index (κ2) is 5.70. The Labute approximate surface area is 152 Å². The molecule has 0 N–H and O–H groups in total. The molecule has 126 valence electrons. The number of hydrogen-bond donors (Lipinski definition) is 0. The second-order valence-electron chi connectivity index (χ2n) is 6.84. The number of carbonyl (C=O) groups excluding carboxylic acids is 1. The van der Waals surface area contributed by atoms with Gasteiger partial charge in [-0.05, 0) is 32.7 Å². The molecular weight excluding hydrogens is 320 g/mol. The number of esters is 1. The van der Waals surface area contributed by atoms with Crippen LogP contribution in [0.3, 0.4) is 0 Å². The van der Waals surface area contributed by atoms with Crippen LogP contribution in [0.2, 0.25) is 0 Å². The maximum atomic E-state index is 13.2. The highest BCUT2D eigenvalue weighted by atomic mass is 16.5. The molecule has 0 amide bonds. The molecular formula is C24H18O2. The Morgan fingerprint density at radius 3 is 1.65 bits per heavy atom. The molecule has 0 radical (unpaired) electrons. The van der Waals surface area contributed by atoms with E-state index in [0.717, 1.165) is 32.7 Å². The standard InChI is InChI=1S/C24H18O2/c25-23-24(15-16-26-23,21-13-5-9-17-7-1-3-11-19(17)21)22-14-6-10-18-8-2-4-12-20(18)22/h1-14H,15-16H2. The van der Waals surface area contributed by atoms with Crippen molar-refractivity contribution in [3.05, 3.63) is 96.1 Å². The average Bonchev–Trinajstić information content (AvgIpc) is 3.09. The first-order valence-electron chi connectivity index (χ1n) is 8.94. The van der Waals surface area contributed by atoms with Crippen molar-refractivity contribution in [2.24, 2.45) is 0 Å². The normalized spacial score (nSPS) is 16.1. The van der Waals surface area contributed by atoms with Crippen molar-refractivity contribution >= 4 is 27.5 Å². The summed E-state index contributed by atoms with van der Waals surface area (Å²) in [6.07, 6.45) is 0.661. The van der Waals surface area contributed by atoms with Crippen LogP contribution in [0, 0.1) is 0 Å². The molecule has 4 aromatic rings. The molecule has 26 heavy (non-hydrogen) atoms. The first-order valence-corrected chi connectivity index (χ1v) is 8.94. The van der Waals surface area contributed by atoms with Crippen LogP contribution in [-0.2, 0) is 14.9 Å². The quantitative estimate of drug-likeness (QED) is 0.468. The summed E-state index contributed by atoms with van der Waals surface area (Å²) in [4.78, 5) is 13.2. The molecule has 1 saturated heterocycles. The minimum absolute atomic E-state index is 0.148. The Kier molecular flexibility index (Phi) is 3.32. The van der Waals surface area contributed by atoms with E-state index in [1.807, 2.05) is 36.4 Å². The molecule has 0 aliphatic carbocycles. The zero-order valence-electron chi connectivity index (χ0n) is 14.3. The van der Waals surface area contributed by atoms with Crippen molar-refractivity contribution in [1.29, 1.82) is 0 Å². The van der Waals surface area contributed by atoms with Crippen molar-refractivity contribution in [2.45, 2.75) is 11.8 Å². The maximum absolute atomic E-state index is 13.2. The fourth-order valence-electron chi connectivity index (χ4n) is 4.35. The van der Waals surface area contributed by atoms with Gasteiger partial charge in [-0.3, -0.25) is 4.79 Å². The molecule has 0 spiro atoms. The molecule has 0 aromatic heterocycles. The largest absolute Gasteiger partial charge is 0.465 e. The van der Waals surface area contributed by atoms with Crippen LogP contribution in [-0.4, -0.2) is 12.6 Å². The van der Waals surface area contributed by atoms with E-state index in [4.69, 9.17) is 4.74 Å². The van der Waals surface area contributed by atoms with Crippen LogP contribution >= 0.6 is 0 Å². The highest BCUT2D eigenvalue weighted by Crippen LogP contribution is 2.45. The van der Waals surface area contributed by atoms with Crippen molar-refractivity contribution in [1.82, 2.24) is 0 Å². The minimum Gasteiger partial charge on any atom is -0.465 e. The summed E-state index contributed by atoms with van der Waals surface area (Å²) in [5, 5.41) is 4.51. The van der Waals surface area contributed by atoms with Crippen molar-refractivity contribution in [2.75, 3.05) is 6.61 Å². The SMILES string of the molecule is O=C1OCCC1(c1cccc2ccccc12)c1cccc2ccccc12. The predicted molar refractivity (Wildman–Crippen MR) is 104 cm³/mol. The zero-order valence-corrected chi connectivity index (χ0v) is 14.3. The zero-order chi connectivity index (χ0) is 17.6. The Morgan fingerprint density at radius 1 is 0.654 bits per heavy atom. The van der Waals surface area contributed by atoms with Gasteiger partial charge in [0.1, 0.15) is 5.41 Å². The van der Waals surface area contributed by atoms with Gasteiger partial charge in [-0.2, -0.15) is 0 Å². The first-order chi connectivity index (χ1) is 12.8. The number of benzene rings is 4. The lowest BCUT2D eigenvalue weighted by Gasteiger charge is -2.28. The van der Waals surface area contributed by atoms with Gasteiger partial charge in [0.25, 0.3) is 0 Å². The Bertz CT molecular complexity index is 1050. The molecule has 1 aliphatic heterocycles. The maximum Gasteiger partial charge on any atom is 0.321 e. The van der Waals surface area contributed by atoms with E-state index in [0.29, 0.717) is 13.0 Å². The lowest BCUT2D eigenvalue weighted by Crippen LogP contribution is -2.33. The van der Waals surface area contributed by atoms with Crippen LogP contribution < -0.4 is 0 Å². The molecule has 1 heterocycles. The van der Waals surface area contributed by atoms with Gasteiger partial charge in [0.2, 0.25) is 0 Å². The Hall–Kier alpha value is -3.13. The van der Waals surface area contributed by atoms with E-state index >= 15 is 0 Å². The topological polar surface area (TPSA) is 26.3 Å². The second-order valence-corrected chi connectivity index (χ2v) is 6.84. The van der Waals surface area contributed by atoms with Gasteiger partial charge in [-0.15, -0.1) is 0 Å². The Morgan fingerprint density at radius 2 is 1.15 bits per heavy atom. The van der Waals surface area contributed by atoms with Crippen LogP contribution in [0.5, 0.6) is 0 Å². The molecule has 0 saturated carbocycles.